The van der Waals surface area contributed by atoms with Crippen LogP contribution in [0.15, 0.2) is 60.9 Å². The van der Waals surface area contributed by atoms with E-state index in [2.05, 4.69) is 82.6 Å². The van der Waals surface area contributed by atoms with Gasteiger partial charge in [0, 0.05) is 24.5 Å². The van der Waals surface area contributed by atoms with E-state index in [0.29, 0.717) is 18.5 Å². The fraction of sp³-hybridized carbons (Fsp3) is 0.419. The van der Waals surface area contributed by atoms with E-state index >= 15 is 0 Å². The molecule has 0 bridgehead atoms. The zero-order valence-electron chi connectivity index (χ0n) is 22.9. The number of carbonyl (C=O) groups excluding carboxylic acids is 1. The summed E-state index contributed by atoms with van der Waals surface area (Å²) in [4.78, 5) is 24.3. The van der Waals surface area contributed by atoms with Gasteiger partial charge >= 0.3 is 0 Å². The summed E-state index contributed by atoms with van der Waals surface area (Å²) in [6.45, 7) is 4.98. The van der Waals surface area contributed by atoms with Gasteiger partial charge in [0.25, 0.3) is 0 Å². The maximum Gasteiger partial charge on any atom is 0.227 e. The first kappa shape index (κ1) is 26.7. The van der Waals surface area contributed by atoms with Gasteiger partial charge in [0.2, 0.25) is 11.9 Å². The lowest BCUT2D eigenvalue weighted by Crippen LogP contribution is -2.24. The first-order valence-electron chi connectivity index (χ1n) is 14.2. The highest BCUT2D eigenvalue weighted by molar-refractivity contribution is 5.84. The number of primary amides is 1. The lowest BCUT2D eigenvalue weighted by Gasteiger charge is -2.23. The second-order valence-electron chi connectivity index (χ2n) is 10.9. The van der Waals surface area contributed by atoms with Gasteiger partial charge in [0.05, 0.1) is 6.33 Å². The quantitative estimate of drug-likeness (QED) is 0.248. The number of imidazole rings is 1. The van der Waals surface area contributed by atoms with Crippen molar-refractivity contribution < 1.29 is 4.79 Å². The fourth-order valence-corrected chi connectivity index (χ4v) is 4.91. The number of rotatable bonds is 8. The van der Waals surface area contributed by atoms with Crippen molar-refractivity contribution >= 4 is 28.8 Å². The van der Waals surface area contributed by atoms with Crippen molar-refractivity contribution in [3.8, 4) is 11.1 Å². The normalized spacial score (nSPS) is 15.6. The van der Waals surface area contributed by atoms with Gasteiger partial charge < -0.3 is 20.9 Å². The average Bonchev–Trinajstić information content (AvgIpc) is 3.73. The molecule has 0 atom stereocenters. The minimum absolute atomic E-state index is 0.130. The van der Waals surface area contributed by atoms with Crippen LogP contribution in [0.2, 0.25) is 0 Å². The Bertz CT molecular complexity index is 1370. The van der Waals surface area contributed by atoms with Crippen LogP contribution in [0, 0.1) is 5.92 Å². The van der Waals surface area contributed by atoms with Gasteiger partial charge in [-0.15, -0.1) is 0 Å². The standard InChI is InChI=1S/C27H32N6.C4H7NO/c1-19(2)33-18-29-24-25(31-27(32-26(24)33)30-23-11-7-4-8-12-23)28-17-20-13-15-22(16-14-20)21-9-5-3-6-10-21;5-4(6)3-1-2-3/h3,5-6,9-10,13-16,18-19,23H,4,7-8,11-12,17H2,1-2H3,(H2,28,30,31,32);3H,1-2H2,(H2,5,6). The predicted molar refractivity (Wildman–Crippen MR) is 157 cm³/mol. The molecule has 4 aromatic rings. The summed E-state index contributed by atoms with van der Waals surface area (Å²) in [5, 5.41) is 7.12. The molecule has 8 heteroatoms. The highest BCUT2D eigenvalue weighted by atomic mass is 16.1. The molecule has 2 aliphatic rings. The molecule has 2 saturated carbocycles. The number of nitrogens with two attached hydrogens (primary N) is 1. The van der Waals surface area contributed by atoms with Crippen molar-refractivity contribution in [2.75, 3.05) is 10.6 Å². The summed E-state index contributed by atoms with van der Waals surface area (Å²) < 4.78 is 2.11. The first-order valence-corrected chi connectivity index (χ1v) is 14.2. The van der Waals surface area contributed by atoms with Crippen molar-refractivity contribution in [2.24, 2.45) is 11.7 Å². The van der Waals surface area contributed by atoms with E-state index in [0.717, 1.165) is 29.8 Å². The van der Waals surface area contributed by atoms with Crippen LogP contribution in [0.5, 0.6) is 0 Å². The van der Waals surface area contributed by atoms with Crippen LogP contribution < -0.4 is 16.4 Å². The summed E-state index contributed by atoms with van der Waals surface area (Å²) >= 11 is 0. The summed E-state index contributed by atoms with van der Waals surface area (Å²) in [5.74, 6) is 1.59. The van der Waals surface area contributed by atoms with Crippen LogP contribution in [0.1, 0.15) is 70.4 Å². The third-order valence-electron chi connectivity index (χ3n) is 7.42. The molecule has 0 spiro atoms. The van der Waals surface area contributed by atoms with Gasteiger partial charge in [0.15, 0.2) is 17.0 Å². The minimum Gasteiger partial charge on any atom is -0.369 e. The molecule has 0 saturated heterocycles. The summed E-state index contributed by atoms with van der Waals surface area (Å²) in [6.07, 6.45) is 10.2. The van der Waals surface area contributed by atoms with E-state index in [1.54, 1.807) is 0 Å². The van der Waals surface area contributed by atoms with Crippen molar-refractivity contribution in [2.45, 2.75) is 77.4 Å². The second-order valence-corrected chi connectivity index (χ2v) is 10.9. The molecule has 0 radical (unpaired) electrons. The van der Waals surface area contributed by atoms with E-state index < -0.39 is 0 Å². The Kier molecular flexibility index (Phi) is 8.39. The van der Waals surface area contributed by atoms with E-state index in [1.807, 2.05) is 12.4 Å². The fourth-order valence-electron chi connectivity index (χ4n) is 4.91. The number of nitrogens with one attached hydrogen (secondary N) is 2. The zero-order chi connectivity index (χ0) is 27.2. The maximum atomic E-state index is 9.98. The minimum atomic E-state index is -0.130. The van der Waals surface area contributed by atoms with E-state index in [1.165, 1.54) is 48.8 Å². The van der Waals surface area contributed by atoms with Crippen molar-refractivity contribution in [1.82, 2.24) is 19.5 Å². The molecule has 2 aliphatic carbocycles. The summed E-state index contributed by atoms with van der Waals surface area (Å²) in [6, 6.07) is 19.9. The molecule has 39 heavy (non-hydrogen) atoms. The zero-order valence-corrected chi connectivity index (χ0v) is 22.9. The van der Waals surface area contributed by atoms with Gasteiger partial charge in [-0.05, 0) is 56.2 Å². The van der Waals surface area contributed by atoms with Gasteiger partial charge in [-0.2, -0.15) is 9.97 Å². The van der Waals surface area contributed by atoms with Crippen LogP contribution in [0.25, 0.3) is 22.3 Å². The molecule has 2 aromatic heterocycles. The Balaban J connectivity index is 0.000000455. The number of nitrogens with zero attached hydrogens (tertiary/aromatic N) is 4. The molecule has 4 N–H and O–H groups in total. The highest BCUT2D eigenvalue weighted by Gasteiger charge is 2.26. The van der Waals surface area contributed by atoms with Gasteiger partial charge in [-0.1, -0.05) is 73.9 Å². The van der Waals surface area contributed by atoms with Crippen LogP contribution in [0.3, 0.4) is 0 Å². The molecule has 6 rings (SSSR count). The van der Waals surface area contributed by atoms with Gasteiger partial charge in [-0.25, -0.2) is 4.98 Å². The van der Waals surface area contributed by atoms with E-state index in [9.17, 15) is 4.79 Å². The number of hydrogen-bond donors (Lipinski definition) is 3. The van der Waals surface area contributed by atoms with Crippen LogP contribution in [-0.4, -0.2) is 31.5 Å². The average molecular weight is 526 g/mol. The van der Waals surface area contributed by atoms with Crippen LogP contribution >= 0.6 is 0 Å². The number of benzene rings is 2. The molecule has 2 fully saturated rings. The second kappa shape index (κ2) is 12.3. The number of amides is 1. The molecule has 0 unspecified atom stereocenters. The Morgan fingerprint density at radius 2 is 1.64 bits per heavy atom. The Labute approximate surface area is 230 Å². The maximum absolute atomic E-state index is 9.98. The molecule has 2 aromatic carbocycles. The Hall–Kier alpha value is -3.94. The van der Waals surface area contributed by atoms with Crippen molar-refractivity contribution in [1.29, 1.82) is 0 Å². The highest BCUT2D eigenvalue weighted by Crippen LogP contribution is 2.28. The molecule has 1 amide bonds. The predicted octanol–water partition coefficient (Wildman–Crippen LogP) is 6.31. The summed E-state index contributed by atoms with van der Waals surface area (Å²) in [7, 11) is 0. The monoisotopic (exact) mass is 525 g/mol. The number of fused-ring (bicyclic) bond motifs is 1. The van der Waals surface area contributed by atoms with Crippen molar-refractivity contribution in [3.63, 3.8) is 0 Å². The first-order chi connectivity index (χ1) is 19.0. The smallest absolute Gasteiger partial charge is 0.227 e. The van der Waals surface area contributed by atoms with E-state index in [-0.39, 0.29) is 17.9 Å². The Morgan fingerprint density at radius 3 is 2.26 bits per heavy atom. The molecule has 8 nitrogen and oxygen atoms in total. The molecule has 2 heterocycles. The Morgan fingerprint density at radius 1 is 0.949 bits per heavy atom. The van der Waals surface area contributed by atoms with Crippen LogP contribution in [-0.2, 0) is 11.3 Å². The third kappa shape index (κ3) is 6.93. The third-order valence-corrected chi connectivity index (χ3v) is 7.42. The SMILES string of the molecule is CC(C)n1cnc2c(NCc3ccc(-c4ccccc4)cc3)nc(NC3CCCCC3)nc21.NC(=O)C1CC1. The van der Waals surface area contributed by atoms with Crippen LogP contribution in [0.4, 0.5) is 11.8 Å². The lowest BCUT2D eigenvalue weighted by atomic mass is 9.96. The van der Waals surface area contributed by atoms with Crippen molar-refractivity contribution in [3.05, 3.63) is 66.5 Å². The topological polar surface area (TPSA) is 111 Å². The largest absolute Gasteiger partial charge is 0.369 e. The number of aromatic nitrogens is 4. The molecule has 204 valence electrons. The number of carbonyl (C=O) groups is 1. The van der Waals surface area contributed by atoms with Gasteiger partial charge in [-0.3, -0.25) is 4.79 Å². The molecule has 0 aliphatic heterocycles. The van der Waals surface area contributed by atoms with Gasteiger partial charge in [0.1, 0.15) is 0 Å². The summed E-state index contributed by atoms with van der Waals surface area (Å²) in [5.41, 5.74) is 10.2. The number of hydrogen-bond acceptors (Lipinski definition) is 6. The molecular formula is C31H39N7O. The number of anilines is 2. The van der Waals surface area contributed by atoms with E-state index in [4.69, 9.17) is 15.7 Å². The lowest BCUT2D eigenvalue weighted by molar-refractivity contribution is -0.119. The molecular weight excluding hydrogens is 486 g/mol.